The first-order valence-electron chi connectivity index (χ1n) is 7.37. The lowest BCUT2D eigenvalue weighted by Gasteiger charge is -2.18. The molecule has 3 aromatic rings. The number of rotatable bonds is 5. The fourth-order valence-corrected chi connectivity index (χ4v) is 3.22. The van der Waals surface area contributed by atoms with Crippen LogP contribution in [0.15, 0.2) is 52.5 Å². The van der Waals surface area contributed by atoms with Gasteiger partial charge in [0.15, 0.2) is 11.5 Å². The van der Waals surface area contributed by atoms with E-state index < -0.39 is 0 Å². The standard InChI is InChI=1S/C18H19NO2S/c1-3-6-13-7-4-8-14(11-13)19(2)15-12-21-18(17(15)20)16-9-5-10-22-16/h4-5,7-12,20H,3,6H2,1-2H3. The molecule has 4 heteroatoms. The summed E-state index contributed by atoms with van der Waals surface area (Å²) in [6.45, 7) is 2.17. The predicted octanol–water partition coefficient (Wildman–Crippen LogP) is 5.43. The summed E-state index contributed by atoms with van der Waals surface area (Å²) < 4.78 is 5.58. The third-order valence-corrected chi connectivity index (χ3v) is 4.56. The Morgan fingerprint density at radius 2 is 2.09 bits per heavy atom. The Kier molecular flexibility index (Phi) is 4.20. The topological polar surface area (TPSA) is 36.6 Å². The molecule has 3 nitrogen and oxygen atoms in total. The SMILES string of the molecule is CCCc1cccc(N(C)c2coc(-c3cccs3)c2O)c1. The molecule has 114 valence electrons. The second-order valence-electron chi connectivity index (χ2n) is 5.25. The molecule has 0 atom stereocenters. The summed E-state index contributed by atoms with van der Waals surface area (Å²) in [4.78, 5) is 2.88. The van der Waals surface area contributed by atoms with Crippen molar-refractivity contribution >= 4 is 22.7 Å². The zero-order valence-electron chi connectivity index (χ0n) is 12.7. The van der Waals surface area contributed by atoms with Crippen LogP contribution >= 0.6 is 11.3 Å². The van der Waals surface area contributed by atoms with E-state index in [2.05, 4.69) is 19.1 Å². The van der Waals surface area contributed by atoms with E-state index >= 15 is 0 Å². The minimum Gasteiger partial charge on any atom is -0.503 e. The van der Waals surface area contributed by atoms with Crippen LogP contribution in [0.5, 0.6) is 5.75 Å². The van der Waals surface area contributed by atoms with Gasteiger partial charge in [0.2, 0.25) is 0 Å². The fraction of sp³-hybridized carbons (Fsp3) is 0.222. The number of anilines is 2. The van der Waals surface area contributed by atoms with Crippen LogP contribution in [0.4, 0.5) is 11.4 Å². The smallest absolute Gasteiger partial charge is 0.187 e. The summed E-state index contributed by atoms with van der Waals surface area (Å²) in [6, 6.07) is 12.3. The normalized spacial score (nSPS) is 10.8. The highest BCUT2D eigenvalue weighted by Gasteiger charge is 2.19. The Balaban J connectivity index is 1.92. The molecule has 0 spiro atoms. The van der Waals surface area contributed by atoms with E-state index in [9.17, 15) is 5.11 Å². The zero-order chi connectivity index (χ0) is 15.5. The van der Waals surface area contributed by atoms with E-state index in [1.807, 2.05) is 41.6 Å². The average molecular weight is 313 g/mol. The number of hydrogen-bond acceptors (Lipinski definition) is 4. The second-order valence-corrected chi connectivity index (χ2v) is 6.20. The number of benzene rings is 1. The number of aryl methyl sites for hydroxylation is 1. The highest BCUT2D eigenvalue weighted by molar-refractivity contribution is 7.13. The summed E-state index contributed by atoms with van der Waals surface area (Å²) in [7, 11) is 1.94. The Labute approximate surface area is 134 Å². The van der Waals surface area contributed by atoms with Crippen molar-refractivity contribution in [3.8, 4) is 16.4 Å². The lowest BCUT2D eigenvalue weighted by molar-refractivity contribution is 0.465. The van der Waals surface area contributed by atoms with E-state index in [1.165, 1.54) is 5.56 Å². The van der Waals surface area contributed by atoms with Gasteiger partial charge in [-0.1, -0.05) is 31.5 Å². The van der Waals surface area contributed by atoms with Gasteiger partial charge in [-0.05, 0) is 35.6 Å². The van der Waals surface area contributed by atoms with Gasteiger partial charge in [-0.2, -0.15) is 0 Å². The van der Waals surface area contributed by atoms with Gasteiger partial charge in [-0.15, -0.1) is 11.3 Å². The monoisotopic (exact) mass is 313 g/mol. The lowest BCUT2D eigenvalue weighted by atomic mass is 10.1. The third-order valence-electron chi connectivity index (χ3n) is 3.69. The first kappa shape index (κ1) is 14.7. The van der Waals surface area contributed by atoms with Crippen LogP contribution in [0.25, 0.3) is 10.6 Å². The molecule has 3 rings (SSSR count). The van der Waals surface area contributed by atoms with E-state index in [4.69, 9.17) is 4.42 Å². The molecular weight excluding hydrogens is 294 g/mol. The van der Waals surface area contributed by atoms with Gasteiger partial charge in [0.05, 0.1) is 4.88 Å². The van der Waals surface area contributed by atoms with Crippen LogP contribution in [0, 0.1) is 0 Å². The Morgan fingerprint density at radius 3 is 2.82 bits per heavy atom. The fourth-order valence-electron chi connectivity index (χ4n) is 2.51. The van der Waals surface area contributed by atoms with E-state index in [-0.39, 0.29) is 5.75 Å². The molecule has 0 bridgehead atoms. The summed E-state index contributed by atoms with van der Waals surface area (Å²) in [6.07, 6.45) is 3.78. The van der Waals surface area contributed by atoms with Crippen LogP contribution in [0.2, 0.25) is 0 Å². The minimum absolute atomic E-state index is 0.186. The molecule has 0 saturated heterocycles. The van der Waals surface area contributed by atoms with Crippen LogP contribution < -0.4 is 4.90 Å². The van der Waals surface area contributed by atoms with Crippen molar-refractivity contribution in [3.05, 3.63) is 53.6 Å². The largest absolute Gasteiger partial charge is 0.503 e. The third kappa shape index (κ3) is 2.74. The van der Waals surface area contributed by atoms with Gasteiger partial charge in [0.1, 0.15) is 12.0 Å². The molecule has 1 aromatic carbocycles. The van der Waals surface area contributed by atoms with Crippen molar-refractivity contribution in [2.75, 3.05) is 11.9 Å². The molecule has 0 unspecified atom stereocenters. The van der Waals surface area contributed by atoms with Crippen LogP contribution in [-0.2, 0) is 6.42 Å². The molecule has 2 aromatic heterocycles. The maximum Gasteiger partial charge on any atom is 0.187 e. The number of thiophene rings is 1. The summed E-state index contributed by atoms with van der Waals surface area (Å²) in [5.41, 5.74) is 3.02. The predicted molar refractivity (Wildman–Crippen MR) is 92.2 cm³/mol. The van der Waals surface area contributed by atoms with E-state index in [0.29, 0.717) is 11.4 Å². The van der Waals surface area contributed by atoms with Gasteiger partial charge in [-0.25, -0.2) is 0 Å². The Morgan fingerprint density at radius 1 is 1.23 bits per heavy atom. The van der Waals surface area contributed by atoms with Gasteiger partial charge >= 0.3 is 0 Å². The number of furan rings is 1. The van der Waals surface area contributed by atoms with Gasteiger partial charge < -0.3 is 14.4 Å². The molecule has 0 radical (unpaired) electrons. The molecule has 0 aliphatic carbocycles. The van der Waals surface area contributed by atoms with E-state index in [0.717, 1.165) is 23.4 Å². The molecule has 0 amide bonds. The van der Waals surface area contributed by atoms with E-state index in [1.54, 1.807) is 17.6 Å². The van der Waals surface area contributed by atoms with Gasteiger partial charge in [0, 0.05) is 12.7 Å². The van der Waals surface area contributed by atoms with Crippen LogP contribution in [-0.4, -0.2) is 12.2 Å². The molecule has 22 heavy (non-hydrogen) atoms. The zero-order valence-corrected chi connectivity index (χ0v) is 13.6. The Bertz CT molecular complexity index is 746. The lowest BCUT2D eigenvalue weighted by Crippen LogP contribution is -2.08. The first-order chi connectivity index (χ1) is 10.7. The average Bonchev–Trinajstić information content (AvgIpc) is 3.16. The molecule has 2 heterocycles. The Hall–Kier alpha value is -2.20. The maximum absolute atomic E-state index is 10.5. The quantitative estimate of drug-likeness (QED) is 0.682. The highest BCUT2D eigenvalue weighted by atomic mass is 32.1. The molecule has 1 N–H and O–H groups in total. The molecule has 0 fully saturated rings. The highest BCUT2D eigenvalue weighted by Crippen LogP contribution is 2.43. The number of hydrogen-bond donors (Lipinski definition) is 1. The first-order valence-corrected chi connectivity index (χ1v) is 8.25. The molecule has 0 aliphatic heterocycles. The van der Waals surface area contributed by atoms with Crippen LogP contribution in [0.3, 0.4) is 0 Å². The van der Waals surface area contributed by atoms with Crippen molar-refractivity contribution in [1.29, 1.82) is 0 Å². The van der Waals surface area contributed by atoms with Crippen molar-refractivity contribution in [1.82, 2.24) is 0 Å². The van der Waals surface area contributed by atoms with Gasteiger partial charge in [0.25, 0.3) is 0 Å². The summed E-state index contributed by atoms with van der Waals surface area (Å²) >= 11 is 1.55. The number of nitrogens with zero attached hydrogens (tertiary/aromatic N) is 1. The molecule has 0 saturated carbocycles. The van der Waals surface area contributed by atoms with Crippen molar-refractivity contribution in [2.45, 2.75) is 19.8 Å². The minimum atomic E-state index is 0.186. The summed E-state index contributed by atoms with van der Waals surface area (Å²) in [5.74, 6) is 0.715. The van der Waals surface area contributed by atoms with Crippen molar-refractivity contribution in [3.63, 3.8) is 0 Å². The molecule has 0 aliphatic rings. The van der Waals surface area contributed by atoms with Crippen LogP contribution in [0.1, 0.15) is 18.9 Å². The van der Waals surface area contributed by atoms with Crippen molar-refractivity contribution < 1.29 is 9.52 Å². The number of aromatic hydroxyl groups is 1. The molecular formula is C18H19NO2S. The summed E-state index contributed by atoms with van der Waals surface area (Å²) in [5, 5.41) is 12.4. The maximum atomic E-state index is 10.5. The second kappa shape index (κ2) is 6.28. The van der Waals surface area contributed by atoms with Gasteiger partial charge in [-0.3, -0.25) is 0 Å². The van der Waals surface area contributed by atoms with Crippen molar-refractivity contribution in [2.24, 2.45) is 0 Å².